The van der Waals surface area contributed by atoms with E-state index in [-0.39, 0.29) is 18.4 Å². The number of hydrogen-bond acceptors (Lipinski definition) is 3. The smallest absolute Gasteiger partial charge is 0.303 e. The molecular weight excluding hydrogens is 244 g/mol. The van der Waals surface area contributed by atoms with E-state index in [1.807, 2.05) is 24.3 Å². The van der Waals surface area contributed by atoms with Crippen molar-refractivity contribution in [1.29, 1.82) is 0 Å². The molecule has 1 aliphatic rings. The maximum atomic E-state index is 11.9. The fraction of sp³-hybridized carbons (Fsp3) is 0.429. The zero-order valence-corrected chi connectivity index (χ0v) is 10.7. The Balaban J connectivity index is 1.87. The molecule has 102 valence electrons. The number of aryl methyl sites for hydroxylation is 1. The third-order valence-electron chi connectivity index (χ3n) is 3.23. The van der Waals surface area contributed by atoms with Gasteiger partial charge in [0.15, 0.2) is 0 Å². The summed E-state index contributed by atoms with van der Waals surface area (Å²) in [6.45, 7) is 0.895. The van der Waals surface area contributed by atoms with E-state index in [9.17, 15) is 9.59 Å². The van der Waals surface area contributed by atoms with Gasteiger partial charge in [0.05, 0.1) is 6.04 Å². The lowest BCUT2D eigenvalue weighted by Crippen LogP contribution is -2.35. The van der Waals surface area contributed by atoms with Crippen LogP contribution in [0.15, 0.2) is 24.3 Å². The second-order valence-electron chi connectivity index (χ2n) is 4.73. The minimum Gasteiger partial charge on any atom is -0.481 e. The second kappa shape index (κ2) is 6.33. The number of nitrogens with one attached hydrogen (secondary N) is 2. The molecule has 3 N–H and O–H groups in total. The van der Waals surface area contributed by atoms with Crippen molar-refractivity contribution in [2.24, 2.45) is 0 Å². The van der Waals surface area contributed by atoms with Crippen LogP contribution in [-0.2, 0) is 16.0 Å². The Morgan fingerprint density at radius 1 is 1.32 bits per heavy atom. The summed E-state index contributed by atoms with van der Waals surface area (Å²) >= 11 is 0. The Morgan fingerprint density at radius 3 is 2.63 bits per heavy atom. The van der Waals surface area contributed by atoms with E-state index < -0.39 is 5.97 Å². The van der Waals surface area contributed by atoms with Gasteiger partial charge in [0.2, 0.25) is 5.91 Å². The van der Waals surface area contributed by atoms with Gasteiger partial charge in [0.1, 0.15) is 0 Å². The van der Waals surface area contributed by atoms with Crippen molar-refractivity contribution in [3.8, 4) is 0 Å². The molecule has 0 spiro atoms. The molecule has 0 unspecified atom stereocenters. The van der Waals surface area contributed by atoms with Gasteiger partial charge in [0.25, 0.3) is 0 Å². The number of carbonyl (C=O) groups excluding carboxylic acids is 1. The lowest BCUT2D eigenvalue weighted by Gasteiger charge is -2.11. The average molecular weight is 262 g/mol. The largest absolute Gasteiger partial charge is 0.481 e. The lowest BCUT2D eigenvalue weighted by molar-refractivity contribution is -0.137. The highest BCUT2D eigenvalue weighted by Gasteiger charge is 2.21. The Kier molecular flexibility index (Phi) is 4.52. The highest BCUT2D eigenvalue weighted by molar-refractivity contribution is 5.95. The molecule has 1 heterocycles. The number of carboxylic acids is 1. The number of benzene rings is 1. The van der Waals surface area contributed by atoms with E-state index in [4.69, 9.17) is 5.11 Å². The predicted molar refractivity (Wildman–Crippen MR) is 72.1 cm³/mol. The Hall–Kier alpha value is -1.88. The second-order valence-corrected chi connectivity index (χ2v) is 4.73. The zero-order valence-electron chi connectivity index (χ0n) is 10.7. The molecule has 0 bridgehead atoms. The molecule has 1 aliphatic heterocycles. The number of amides is 1. The molecule has 2 rings (SSSR count). The third kappa shape index (κ3) is 4.06. The summed E-state index contributed by atoms with van der Waals surface area (Å²) in [5, 5.41) is 14.6. The van der Waals surface area contributed by atoms with Gasteiger partial charge < -0.3 is 15.7 Å². The van der Waals surface area contributed by atoms with Gasteiger partial charge in [0, 0.05) is 12.1 Å². The average Bonchev–Trinajstić information content (AvgIpc) is 2.92. The van der Waals surface area contributed by atoms with Crippen LogP contribution in [0.4, 0.5) is 5.69 Å². The summed E-state index contributed by atoms with van der Waals surface area (Å²) in [4.78, 5) is 22.3. The number of aliphatic carboxylic acids is 1. The van der Waals surface area contributed by atoms with E-state index in [0.717, 1.165) is 30.6 Å². The fourth-order valence-electron chi connectivity index (χ4n) is 2.14. The van der Waals surface area contributed by atoms with Crippen LogP contribution >= 0.6 is 0 Å². The van der Waals surface area contributed by atoms with Gasteiger partial charge in [-0.05, 0) is 43.5 Å². The van der Waals surface area contributed by atoms with Gasteiger partial charge >= 0.3 is 5.97 Å². The van der Waals surface area contributed by atoms with Crippen molar-refractivity contribution >= 4 is 17.6 Å². The molecule has 1 amide bonds. The maximum absolute atomic E-state index is 11.9. The molecule has 19 heavy (non-hydrogen) atoms. The summed E-state index contributed by atoms with van der Waals surface area (Å²) < 4.78 is 0. The standard InChI is InChI=1S/C14H18N2O3/c17-13(18)8-5-10-3-6-11(7-4-10)16-14(19)12-2-1-9-15-12/h3-4,6-7,12,15H,1-2,5,8-9H2,(H,16,19)(H,17,18)/t12-/m1/s1. The molecule has 0 saturated carbocycles. The van der Waals surface area contributed by atoms with Crippen molar-refractivity contribution in [2.45, 2.75) is 31.7 Å². The molecule has 1 fully saturated rings. The fourth-order valence-corrected chi connectivity index (χ4v) is 2.14. The third-order valence-corrected chi connectivity index (χ3v) is 3.23. The van der Waals surface area contributed by atoms with Crippen molar-refractivity contribution < 1.29 is 14.7 Å². The molecule has 1 saturated heterocycles. The van der Waals surface area contributed by atoms with E-state index in [2.05, 4.69) is 10.6 Å². The summed E-state index contributed by atoms with van der Waals surface area (Å²) in [5.41, 5.74) is 1.71. The van der Waals surface area contributed by atoms with Crippen molar-refractivity contribution in [3.63, 3.8) is 0 Å². The van der Waals surface area contributed by atoms with Crippen LogP contribution in [0.5, 0.6) is 0 Å². The van der Waals surface area contributed by atoms with Crippen LogP contribution in [0.1, 0.15) is 24.8 Å². The quantitative estimate of drug-likeness (QED) is 0.749. The van der Waals surface area contributed by atoms with E-state index in [1.165, 1.54) is 0 Å². The number of rotatable bonds is 5. The Bertz CT molecular complexity index is 450. The lowest BCUT2D eigenvalue weighted by atomic mass is 10.1. The summed E-state index contributed by atoms with van der Waals surface area (Å²) in [5.74, 6) is -0.805. The monoisotopic (exact) mass is 262 g/mol. The normalized spacial score (nSPS) is 18.2. The first kappa shape index (κ1) is 13.5. The zero-order chi connectivity index (χ0) is 13.7. The first-order valence-corrected chi connectivity index (χ1v) is 6.50. The van der Waals surface area contributed by atoms with Gasteiger partial charge in [-0.3, -0.25) is 9.59 Å². The number of hydrogen-bond donors (Lipinski definition) is 3. The minimum absolute atomic E-state index is 0.00390. The summed E-state index contributed by atoms with van der Waals surface area (Å²) in [6.07, 6.45) is 2.54. The van der Waals surface area contributed by atoms with Crippen LogP contribution in [0.25, 0.3) is 0 Å². The van der Waals surface area contributed by atoms with Gasteiger partial charge in [-0.25, -0.2) is 0 Å². The highest BCUT2D eigenvalue weighted by Crippen LogP contribution is 2.13. The molecule has 1 aromatic carbocycles. The van der Waals surface area contributed by atoms with Gasteiger partial charge in [-0.15, -0.1) is 0 Å². The number of carbonyl (C=O) groups is 2. The molecule has 1 aromatic rings. The van der Waals surface area contributed by atoms with Crippen LogP contribution in [0.3, 0.4) is 0 Å². The maximum Gasteiger partial charge on any atom is 0.303 e. The van der Waals surface area contributed by atoms with Gasteiger partial charge in [-0.2, -0.15) is 0 Å². The van der Waals surface area contributed by atoms with Crippen molar-refractivity contribution in [2.75, 3.05) is 11.9 Å². The molecular formula is C14H18N2O3. The Labute approximate surface area is 112 Å². The number of carboxylic acid groups (broad SMARTS) is 1. The molecule has 5 heteroatoms. The highest BCUT2D eigenvalue weighted by atomic mass is 16.4. The van der Waals surface area contributed by atoms with Crippen LogP contribution in [-0.4, -0.2) is 29.6 Å². The van der Waals surface area contributed by atoms with Crippen LogP contribution < -0.4 is 10.6 Å². The number of anilines is 1. The summed E-state index contributed by atoms with van der Waals surface area (Å²) in [6, 6.07) is 7.22. The van der Waals surface area contributed by atoms with E-state index in [1.54, 1.807) is 0 Å². The van der Waals surface area contributed by atoms with E-state index in [0.29, 0.717) is 6.42 Å². The van der Waals surface area contributed by atoms with Crippen LogP contribution in [0, 0.1) is 0 Å². The molecule has 5 nitrogen and oxygen atoms in total. The molecule has 0 radical (unpaired) electrons. The SMILES string of the molecule is O=C(O)CCc1ccc(NC(=O)[C@H]2CCCN2)cc1. The minimum atomic E-state index is -0.801. The van der Waals surface area contributed by atoms with Crippen molar-refractivity contribution in [1.82, 2.24) is 5.32 Å². The topological polar surface area (TPSA) is 78.4 Å². The molecule has 0 aliphatic carbocycles. The first-order chi connectivity index (χ1) is 9.15. The summed E-state index contributed by atoms with van der Waals surface area (Å²) in [7, 11) is 0. The molecule has 1 atom stereocenters. The van der Waals surface area contributed by atoms with Gasteiger partial charge in [-0.1, -0.05) is 12.1 Å². The van der Waals surface area contributed by atoms with Crippen molar-refractivity contribution in [3.05, 3.63) is 29.8 Å². The Morgan fingerprint density at radius 2 is 2.05 bits per heavy atom. The van der Waals surface area contributed by atoms with Crippen LogP contribution in [0.2, 0.25) is 0 Å². The molecule has 0 aromatic heterocycles. The predicted octanol–water partition coefficient (Wildman–Crippen LogP) is 1.39. The first-order valence-electron chi connectivity index (χ1n) is 6.50. The van der Waals surface area contributed by atoms with E-state index >= 15 is 0 Å².